The number of halogens is 1. The molecule has 0 aliphatic carbocycles. The molecule has 0 aromatic heterocycles. The molecule has 0 atom stereocenters. The van der Waals surface area contributed by atoms with Crippen LogP contribution in [-0.2, 0) is 4.84 Å². The fourth-order valence-electron chi connectivity index (χ4n) is 0.387. The van der Waals surface area contributed by atoms with E-state index >= 15 is 0 Å². The van der Waals surface area contributed by atoms with E-state index in [2.05, 4.69) is 0 Å². The largest absolute Gasteiger partial charge is 1.00 e. The topological polar surface area (TPSA) is 9.23 Å². The number of quaternary nitrogens is 1. The Morgan fingerprint density at radius 1 is 1.25 bits per heavy atom. The zero-order chi connectivity index (χ0) is 5.91. The Morgan fingerprint density at radius 3 is 1.62 bits per heavy atom. The molecule has 0 unspecified atom stereocenters. The maximum absolute atomic E-state index is 5.17. The van der Waals surface area contributed by atoms with E-state index in [-0.39, 0.29) is 4.70 Å². The highest BCUT2D eigenvalue weighted by Gasteiger charge is 2.03. The second kappa shape index (κ2) is 3.80. The second-order valence-corrected chi connectivity index (χ2v) is 2.31. The van der Waals surface area contributed by atoms with Crippen LogP contribution in [-0.4, -0.2) is 32.4 Å². The average molecular weight is 123 g/mol. The van der Waals surface area contributed by atoms with E-state index in [4.69, 9.17) is 4.84 Å². The normalized spacial score (nSPS) is 10.5. The van der Waals surface area contributed by atoms with Crippen LogP contribution >= 0.6 is 0 Å². The smallest absolute Gasteiger partial charge is 0.103 e. The van der Waals surface area contributed by atoms with Crippen molar-refractivity contribution in [2.24, 2.45) is 0 Å². The van der Waals surface area contributed by atoms with Crippen LogP contribution in [0.25, 0.3) is 0 Å². The van der Waals surface area contributed by atoms with E-state index in [0.717, 1.165) is 6.61 Å². The van der Waals surface area contributed by atoms with Crippen molar-refractivity contribution in [1.82, 2.24) is 0 Å². The number of rotatable bonds is 2. The molecule has 0 amide bonds. The van der Waals surface area contributed by atoms with Gasteiger partial charge in [-0.3, -0.25) is 0 Å². The van der Waals surface area contributed by atoms with E-state index in [1.54, 1.807) is 0 Å². The van der Waals surface area contributed by atoms with Gasteiger partial charge in [0.1, 0.15) is 6.61 Å². The Kier molecular flexibility index (Phi) is 5.12. The first-order valence-corrected chi connectivity index (χ1v) is 2.52. The summed E-state index contributed by atoms with van der Waals surface area (Å²) in [6, 6.07) is 0. The molecule has 0 aromatic carbocycles. The monoisotopic (exact) mass is 123 g/mol. The molecule has 0 rings (SSSR count). The van der Waals surface area contributed by atoms with Gasteiger partial charge >= 0.3 is 0 Å². The molecule has 0 aliphatic heterocycles. The van der Waals surface area contributed by atoms with Crippen LogP contribution in [0.5, 0.6) is 0 Å². The number of nitrogens with zero attached hydrogens (tertiary/aromatic N) is 1. The molecule has 52 valence electrons. The zero-order valence-electron chi connectivity index (χ0n) is 5.94. The van der Waals surface area contributed by atoms with E-state index in [0.29, 0.717) is 4.65 Å². The van der Waals surface area contributed by atoms with Crippen LogP contribution in [0.1, 0.15) is 6.92 Å². The van der Waals surface area contributed by atoms with E-state index in [1.165, 1.54) is 0 Å². The molecule has 0 saturated heterocycles. The van der Waals surface area contributed by atoms with Gasteiger partial charge in [0.15, 0.2) is 0 Å². The van der Waals surface area contributed by atoms with Crippen molar-refractivity contribution >= 4 is 0 Å². The maximum Gasteiger partial charge on any atom is 0.103 e. The highest BCUT2D eigenvalue weighted by Crippen LogP contribution is 1.88. The van der Waals surface area contributed by atoms with Gasteiger partial charge in [0.05, 0.1) is 21.1 Å². The van der Waals surface area contributed by atoms with E-state index in [9.17, 15) is 0 Å². The molecule has 0 bridgehead atoms. The Morgan fingerprint density at radius 2 is 1.62 bits per heavy atom. The molecule has 2 nitrogen and oxygen atoms in total. The fraction of sp³-hybridized carbons (Fsp3) is 1.00. The van der Waals surface area contributed by atoms with Crippen LogP contribution < -0.4 is 4.70 Å². The van der Waals surface area contributed by atoms with Gasteiger partial charge in [-0.05, 0) is 6.92 Å². The van der Waals surface area contributed by atoms with Crippen molar-refractivity contribution < 1.29 is 14.2 Å². The Labute approximate surface area is 50.0 Å². The zero-order valence-corrected chi connectivity index (χ0v) is 5.94. The van der Waals surface area contributed by atoms with Crippen LogP contribution in [0, 0.1) is 0 Å². The van der Waals surface area contributed by atoms with Gasteiger partial charge in [0, 0.05) is 0 Å². The second-order valence-electron chi connectivity index (χ2n) is 2.31. The lowest BCUT2D eigenvalue weighted by atomic mass is 10.9. The summed E-state index contributed by atoms with van der Waals surface area (Å²) in [5.74, 6) is 0. The number of hydroxylamine groups is 3. The summed E-state index contributed by atoms with van der Waals surface area (Å²) in [5, 5.41) is 0. The van der Waals surface area contributed by atoms with Gasteiger partial charge in [0.25, 0.3) is 0 Å². The van der Waals surface area contributed by atoms with E-state index < -0.39 is 0 Å². The minimum Gasteiger partial charge on any atom is -1.00 e. The van der Waals surface area contributed by atoms with Gasteiger partial charge < -0.3 is 4.70 Å². The summed E-state index contributed by atoms with van der Waals surface area (Å²) in [7, 11) is 5.97. The molecule has 0 fully saturated rings. The molecule has 8 heavy (non-hydrogen) atoms. The third kappa shape index (κ3) is 9.28. The van der Waals surface area contributed by atoms with Gasteiger partial charge in [-0.2, -0.15) is 4.65 Å². The standard InChI is InChI=1S/C5H14NO.FH/c1-5-7-6(2,3)4;/h5H2,1-4H3;1H/q+1;/p-1. The first-order chi connectivity index (χ1) is 3.06. The highest BCUT2D eigenvalue weighted by atomic mass is 19.0. The molecular formula is C5H14FNO. The molecule has 3 heteroatoms. The minimum atomic E-state index is 0. The third-order valence-electron chi connectivity index (χ3n) is 0.516. The minimum absolute atomic E-state index is 0. The summed E-state index contributed by atoms with van der Waals surface area (Å²) < 4.78 is 0.594. The predicted molar refractivity (Wildman–Crippen MR) is 29.7 cm³/mol. The van der Waals surface area contributed by atoms with Gasteiger partial charge in [-0.25, -0.2) is 4.84 Å². The lowest BCUT2D eigenvalue weighted by Gasteiger charge is -2.19. The van der Waals surface area contributed by atoms with Crippen molar-refractivity contribution in [1.29, 1.82) is 0 Å². The lowest BCUT2D eigenvalue weighted by molar-refractivity contribution is -1.06. The summed E-state index contributed by atoms with van der Waals surface area (Å²) in [4.78, 5) is 5.17. The fourth-order valence-corrected chi connectivity index (χ4v) is 0.387. The first-order valence-electron chi connectivity index (χ1n) is 2.52. The molecule has 0 N–H and O–H groups in total. The maximum atomic E-state index is 5.17. The van der Waals surface area contributed by atoms with Crippen molar-refractivity contribution in [3.8, 4) is 0 Å². The molecule has 0 aliphatic rings. The van der Waals surface area contributed by atoms with Crippen molar-refractivity contribution in [3.63, 3.8) is 0 Å². The number of hydrogen-bond acceptors (Lipinski definition) is 1. The SMILES string of the molecule is CCO[N+](C)(C)C.[F-]. The van der Waals surface area contributed by atoms with Gasteiger partial charge in [0.2, 0.25) is 0 Å². The quantitative estimate of drug-likeness (QED) is 0.295. The summed E-state index contributed by atoms with van der Waals surface area (Å²) in [5.41, 5.74) is 0. The molecule has 0 aromatic rings. The predicted octanol–water partition coefficient (Wildman–Crippen LogP) is -2.35. The Hall–Kier alpha value is -0.150. The summed E-state index contributed by atoms with van der Waals surface area (Å²) >= 11 is 0. The van der Waals surface area contributed by atoms with Crippen LogP contribution in [0.15, 0.2) is 0 Å². The first kappa shape index (κ1) is 10.8. The molecule has 0 radical (unpaired) electrons. The van der Waals surface area contributed by atoms with Crippen LogP contribution in [0.4, 0.5) is 0 Å². The summed E-state index contributed by atoms with van der Waals surface area (Å²) in [6.07, 6.45) is 0. The van der Waals surface area contributed by atoms with Crippen LogP contribution in [0.2, 0.25) is 0 Å². The Bertz CT molecular complexity index is 50.9. The van der Waals surface area contributed by atoms with Crippen LogP contribution in [0.3, 0.4) is 0 Å². The van der Waals surface area contributed by atoms with E-state index in [1.807, 2.05) is 28.1 Å². The Balaban J connectivity index is 0. The third-order valence-corrected chi connectivity index (χ3v) is 0.516. The molecule has 0 heterocycles. The van der Waals surface area contributed by atoms with Crippen molar-refractivity contribution in [2.45, 2.75) is 6.92 Å². The lowest BCUT2D eigenvalue weighted by Crippen LogP contribution is -3.00. The number of hydrogen-bond donors (Lipinski definition) is 0. The van der Waals surface area contributed by atoms with Gasteiger partial charge in [-0.1, -0.05) is 0 Å². The van der Waals surface area contributed by atoms with Gasteiger partial charge in [-0.15, -0.1) is 0 Å². The molecular weight excluding hydrogens is 109 g/mol. The molecule has 0 spiro atoms. The van der Waals surface area contributed by atoms with Crippen molar-refractivity contribution in [2.75, 3.05) is 27.7 Å². The van der Waals surface area contributed by atoms with Crippen molar-refractivity contribution in [3.05, 3.63) is 0 Å². The highest BCUT2D eigenvalue weighted by molar-refractivity contribution is 3.95. The average Bonchev–Trinajstić information content (AvgIpc) is 1.30. The summed E-state index contributed by atoms with van der Waals surface area (Å²) in [6.45, 7) is 2.77. The molecule has 0 saturated carbocycles.